The number of rotatable bonds is 4. The van der Waals surface area contributed by atoms with Crippen LogP contribution in [0.15, 0.2) is 12.7 Å². The number of carbonyl (C=O) groups is 1. The van der Waals surface area contributed by atoms with Gasteiger partial charge >= 0.3 is 0 Å². The van der Waals surface area contributed by atoms with E-state index in [1.807, 2.05) is 7.05 Å². The van der Waals surface area contributed by atoms with Gasteiger partial charge in [-0.25, -0.2) is 0 Å². The molecule has 0 atom stereocenters. The molecule has 0 aromatic carbocycles. The van der Waals surface area contributed by atoms with E-state index in [9.17, 15) is 4.79 Å². The van der Waals surface area contributed by atoms with Crippen molar-refractivity contribution in [1.82, 2.24) is 4.90 Å². The highest BCUT2D eigenvalue weighted by Gasteiger charge is 2.06. The zero-order valence-electron chi connectivity index (χ0n) is 7.50. The maximum absolute atomic E-state index is 11.2. The molecule has 0 saturated carbocycles. The molecule has 11 heavy (non-hydrogen) atoms. The first-order chi connectivity index (χ1) is 5.07. The summed E-state index contributed by atoms with van der Waals surface area (Å²) in [5.41, 5.74) is 0. The molecule has 0 spiro atoms. The number of amides is 1. The molecule has 3 heteroatoms. The largest absolute Gasteiger partial charge is 0.341 e. The first-order valence-electron chi connectivity index (χ1n) is 3.57. The third-order valence-electron chi connectivity index (χ3n) is 1.28. The zero-order valence-corrected chi connectivity index (χ0v) is 8.40. The van der Waals surface area contributed by atoms with E-state index in [1.165, 1.54) is 0 Å². The average molecular weight is 175 g/mol. The van der Waals surface area contributed by atoms with E-state index < -0.39 is 0 Å². The van der Waals surface area contributed by atoms with E-state index in [0.29, 0.717) is 12.3 Å². The molecule has 66 valence electrons. The molecular formula is C8H17NOS. The molecule has 0 saturated heterocycles. The molecule has 0 fully saturated rings. The van der Waals surface area contributed by atoms with Crippen molar-refractivity contribution in [2.24, 2.45) is 0 Å². The normalized spacial score (nSPS) is 10.6. The Labute approximate surface area is 71.6 Å². The molecule has 1 amide bonds. The monoisotopic (exact) mass is 175 g/mol. The number of nitrogens with zero attached hydrogens (tertiary/aromatic N) is 1. The van der Waals surface area contributed by atoms with Gasteiger partial charge in [-0.3, -0.25) is 15.7 Å². The van der Waals surface area contributed by atoms with Crippen LogP contribution in [-0.4, -0.2) is 42.7 Å². The Morgan fingerprint density at radius 3 is 2.55 bits per heavy atom. The lowest BCUT2D eigenvalue weighted by Crippen LogP contribution is -2.29. The van der Waals surface area contributed by atoms with Crippen LogP contribution in [0.3, 0.4) is 0 Å². The van der Waals surface area contributed by atoms with Crippen LogP contribution < -0.4 is 0 Å². The Morgan fingerprint density at radius 1 is 1.64 bits per heavy atom. The van der Waals surface area contributed by atoms with E-state index in [-0.39, 0.29) is 16.8 Å². The van der Waals surface area contributed by atoms with Crippen LogP contribution in [0.1, 0.15) is 0 Å². The smallest absolute Gasteiger partial charge is 0.230 e. The van der Waals surface area contributed by atoms with Crippen molar-refractivity contribution in [3.8, 4) is 0 Å². The predicted molar refractivity (Wildman–Crippen MR) is 53.5 cm³/mol. The lowest BCUT2D eigenvalue weighted by Gasteiger charge is -2.17. The number of thiol groups is 1. The Morgan fingerprint density at radius 2 is 2.18 bits per heavy atom. The van der Waals surface area contributed by atoms with Gasteiger partial charge in [0.15, 0.2) is 0 Å². The van der Waals surface area contributed by atoms with Crippen LogP contribution in [0.2, 0.25) is 0 Å². The van der Waals surface area contributed by atoms with Gasteiger partial charge in [0, 0.05) is 13.6 Å². The van der Waals surface area contributed by atoms with Crippen LogP contribution in [0.5, 0.6) is 0 Å². The van der Waals surface area contributed by atoms with Crippen LogP contribution >= 0.6 is 10.9 Å². The minimum absolute atomic E-state index is 0.109. The summed E-state index contributed by atoms with van der Waals surface area (Å²) in [4.78, 5) is 12.9. The molecule has 2 nitrogen and oxygen atoms in total. The second-order valence-corrected chi connectivity index (χ2v) is 5.28. The SMILES string of the molecule is C=CCN(C)C(=O)C[SH](C)C. The number of carbonyl (C=O) groups excluding carboxylic acids is 1. The number of hydrogen-bond donors (Lipinski definition) is 1. The van der Waals surface area contributed by atoms with Gasteiger partial charge < -0.3 is 4.90 Å². The molecule has 0 aliphatic carbocycles. The molecule has 0 unspecified atom stereocenters. The molecule has 0 N–H and O–H groups in total. The lowest BCUT2D eigenvalue weighted by atomic mass is 10.5. The van der Waals surface area contributed by atoms with Crippen molar-refractivity contribution in [3.05, 3.63) is 12.7 Å². The zero-order chi connectivity index (χ0) is 8.85. The van der Waals surface area contributed by atoms with Crippen LogP contribution in [0.4, 0.5) is 0 Å². The van der Waals surface area contributed by atoms with Crippen molar-refractivity contribution in [3.63, 3.8) is 0 Å². The average Bonchev–Trinajstić information content (AvgIpc) is 1.86. The summed E-state index contributed by atoms with van der Waals surface area (Å²) >= 11 is 0. The van der Waals surface area contributed by atoms with Crippen LogP contribution in [-0.2, 0) is 4.79 Å². The van der Waals surface area contributed by atoms with Gasteiger partial charge in [0.25, 0.3) is 0 Å². The number of hydrogen-bond acceptors (Lipinski definition) is 1. The molecule has 0 aliphatic heterocycles. The molecule has 0 aliphatic rings. The van der Waals surface area contributed by atoms with Crippen molar-refractivity contribution >= 4 is 16.8 Å². The van der Waals surface area contributed by atoms with Crippen molar-refractivity contribution in [1.29, 1.82) is 0 Å². The summed E-state index contributed by atoms with van der Waals surface area (Å²) in [6.07, 6.45) is 5.95. The highest BCUT2D eigenvalue weighted by atomic mass is 32.2. The van der Waals surface area contributed by atoms with Gasteiger partial charge in [0.2, 0.25) is 5.91 Å². The molecular weight excluding hydrogens is 158 g/mol. The fraction of sp³-hybridized carbons (Fsp3) is 0.625. The van der Waals surface area contributed by atoms with Crippen molar-refractivity contribution < 1.29 is 4.79 Å². The number of likely N-dealkylation sites (N-methyl/N-ethyl adjacent to an activating group) is 1. The molecule has 0 aromatic heterocycles. The van der Waals surface area contributed by atoms with Gasteiger partial charge in [0.05, 0.1) is 5.75 Å². The quantitative estimate of drug-likeness (QED) is 0.497. The highest BCUT2D eigenvalue weighted by molar-refractivity contribution is 8.16. The summed E-state index contributed by atoms with van der Waals surface area (Å²) in [6, 6.07) is 0. The van der Waals surface area contributed by atoms with Gasteiger partial charge in [0.1, 0.15) is 0 Å². The summed E-state index contributed by atoms with van der Waals surface area (Å²) in [5, 5.41) is 0. The van der Waals surface area contributed by atoms with E-state index in [2.05, 4.69) is 19.1 Å². The first kappa shape index (κ1) is 10.6. The first-order valence-corrected chi connectivity index (χ1v) is 5.99. The highest BCUT2D eigenvalue weighted by Crippen LogP contribution is 2.12. The van der Waals surface area contributed by atoms with E-state index in [4.69, 9.17) is 0 Å². The van der Waals surface area contributed by atoms with Gasteiger partial charge in [-0.1, -0.05) is 6.08 Å². The summed E-state index contributed by atoms with van der Waals surface area (Å²) in [6.45, 7) is 4.23. The third kappa shape index (κ3) is 4.90. The maximum Gasteiger partial charge on any atom is 0.230 e. The van der Waals surface area contributed by atoms with Crippen LogP contribution in [0.25, 0.3) is 0 Å². The molecule has 0 rings (SSSR count). The minimum Gasteiger partial charge on any atom is -0.341 e. The molecule has 0 aromatic rings. The second kappa shape index (κ2) is 5.24. The summed E-state index contributed by atoms with van der Waals surface area (Å²) in [7, 11) is 1.70. The van der Waals surface area contributed by atoms with Gasteiger partial charge in [-0.05, 0) is 12.5 Å². The standard InChI is InChI=1S/C8H17NOS/c1-5-6-9(2)8(10)7-11(3)4/h5,11H,1,6-7H2,2-4H3. The van der Waals surface area contributed by atoms with Crippen molar-refractivity contribution in [2.75, 3.05) is 31.9 Å². The predicted octanol–water partition coefficient (Wildman–Crippen LogP) is 0.892. The molecule has 0 bridgehead atoms. The Balaban J connectivity index is 3.72. The van der Waals surface area contributed by atoms with Crippen LogP contribution in [0, 0.1) is 0 Å². The molecule has 0 heterocycles. The van der Waals surface area contributed by atoms with Gasteiger partial charge in [-0.2, -0.15) is 0 Å². The summed E-state index contributed by atoms with van der Waals surface area (Å²) in [5.74, 6) is 0.917. The lowest BCUT2D eigenvalue weighted by molar-refractivity contribution is -0.126. The van der Waals surface area contributed by atoms with Gasteiger partial charge in [-0.15, -0.1) is 6.58 Å². The maximum atomic E-state index is 11.2. The minimum atomic E-state index is -0.109. The fourth-order valence-corrected chi connectivity index (χ4v) is 1.47. The Bertz CT molecular complexity index is 145. The summed E-state index contributed by atoms with van der Waals surface area (Å²) < 4.78 is 0. The third-order valence-corrected chi connectivity index (χ3v) is 2.18. The fourth-order valence-electron chi connectivity index (χ4n) is 0.687. The van der Waals surface area contributed by atoms with E-state index in [1.54, 1.807) is 11.0 Å². The Hall–Kier alpha value is -0.440. The Kier molecular flexibility index (Phi) is 5.03. The van der Waals surface area contributed by atoms with Crippen molar-refractivity contribution in [2.45, 2.75) is 0 Å². The topological polar surface area (TPSA) is 20.3 Å². The second-order valence-electron chi connectivity index (χ2n) is 2.80. The van der Waals surface area contributed by atoms with E-state index >= 15 is 0 Å². The molecule has 0 radical (unpaired) electrons. The van der Waals surface area contributed by atoms with E-state index in [0.717, 1.165) is 0 Å².